The number of unbranched alkanes of at least 4 members (excludes halogenated alkanes) is 1. The lowest BCUT2D eigenvalue weighted by Crippen LogP contribution is -2.31. The van der Waals surface area contributed by atoms with E-state index in [0.29, 0.717) is 69.3 Å². The first kappa shape index (κ1) is 32.7. The van der Waals surface area contributed by atoms with Gasteiger partial charge in [-0.2, -0.15) is 4.98 Å². The van der Waals surface area contributed by atoms with Crippen molar-refractivity contribution in [3.63, 3.8) is 0 Å². The molecule has 0 aliphatic carbocycles. The van der Waals surface area contributed by atoms with Crippen LogP contribution in [0.5, 0.6) is 17.2 Å². The summed E-state index contributed by atoms with van der Waals surface area (Å²) in [6.07, 6.45) is 1.93. The van der Waals surface area contributed by atoms with Gasteiger partial charge in [-0.05, 0) is 77.7 Å². The number of aromatic nitrogens is 3. The van der Waals surface area contributed by atoms with Crippen LogP contribution in [0, 0.1) is 0 Å². The van der Waals surface area contributed by atoms with Gasteiger partial charge < -0.3 is 24.8 Å². The molecule has 1 amide bonds. The molecule has 1 aromatic heterocycles. The Hall–Kier alpha value is -3.67. The minimum absolute atomic E-state index is 0.307. The van der Waals surface area contributed by atoms with E-state index in [-0.39, 0.29) is 5.91 Å². The SMILES string of the molecule is CCCCOc1c(Br)cc(C2C(C(=O)Nc3ccccc3OC)=C(C)Nc3nc(SCc4ccccc4Cl)nn32)cc1OCC. The van der Waals surface area contributed by atoms with Crippen LogP contribution < -0.4 is 24.8 Å². The fourth-order valence-corrected chi connectivity index (χ4v) is 6.65. The van der Waals surface area contributed by atoms with Gasteiger partial charge in [0.25, 0.3) is 5.91 Å². The number of carbonyl (C=O) groups is 1. The van der Waals surface area contributed by atoms with Gasteiger partial charge in [0.05, 0.1) is 36.1 Å². The molecule has 0 fully saturated rings. The average molecular weight is 713 g/mol. The Balaban J connectivity index is 1.57. The molecule has 0 bridgehead atoms. The lowest BCUT2D eigenvalue weighted by Gasteiger charge is -2.29. The number of ether oxygens (including phenoxy) is 3. The van der Waals surface area contributed by atoms with Gasteiger partial charge in [0.2, 0.25) is 11.1 Å². The average Bonchev–Trinajstić information content (AvgIpc) is 3.43. The number of rotatable bonds is 13. The second-order valence-corrected chi connectivity index (χ2v) is 12.4. The molecule has 12 heteroatoms. The zero-order valence-electron chi connectivity index (χ0n) is 25.5. The molecular weight excluding hydrogens is 678 g/mol. The monoisotopic (exact) mass is 711 g/mol. The first-order valence-corrected chi connectivity index (χ1v) is 16.8. The van der Waals surface area contributed by atoms with Crippen LogP contribution in [-0.4, -0.2) is 41.0 Å². The van der Waals surface area contributed by atoms with E-state index in [4.69, 9.17) is 35.9 Å². The van der Waals surface area contributed by atoms with Crippen molar-refractivity contribution in [2.45, 2.75) is 50.6 Å². The predicted molar refractivity (Wildman–Crippen MR) is 183 cm³/mol. The maximum absolute atomic E-state index is 14.1. The first-order valence-electron chi connectivity index (χ1n) is 14.7. The Kier molecular flexibility index (Phi) is 11.0. The van der Waals surface area contributed by atoms with Crippen LogP contribution in [0.25, 0.3) is 0 Å². The van der Waals surface area contributed by atoms with Gasteiger partial charge in [-0.15, -0.1) is 5.10 Å². The lowest BCUT2D eigenvalue weighted by molar-refractivity contribution is -0.113. The van der Waals surface area contributed by atoms with Gasteiger partial charge in [-0.1, -0.05) is 67.0 Å². The summed E-state index contributed by atoms with van der Waals surface area (Å²) in [6, 6.07) is 18.2. The van der Waals surface area contributed by atoms with Gasteiger partial charge in [-0.25, -0.2) is 4.68 Å². The minimum Gasteiger partial charge on any atom is -0.495 e. The second kappa shape index (κ2) is 15.1. The highest BCUT2D eigenvalue weighted by Crippen LogP contribution is 2.44. The predicted octanol–water partition coefficient (Wildman–Crippen LogP) is 8.50. The van der Waals surface area contributed by atoms with E-state index in [0.717, 1.165) is 28.4 Å². The number of hydrogen-bond donors (Lipinski definition) is 2. The van der Waals surface area contributed by atoms with Gasteiger partial charge in [-0.3, -0.25) is 4.79 Å². The van der Waals surface area contributed by atoms with Gasteiger partial charge in [0.15, 0.2) is 11.5 Å². The van der Waals surface area contributed by atoms with Crippen molar-refractivity contribution >= 4 is 56.8 Å². The van der Waals surface area contributed by atoms with Crippen molar-refractivity contribution in [2.75, 3.05) is 31.0 Å². The van der Waals surface area contributed by atoms with Crippen LogP contribution >= 0.6 is 39.3 Å². The van der Waals surface area contributed by atoms with E-state index in [1.807, 2.05) is 62.4 Å². The Morgan fingerprint density at radius 3 is 2.64 bits per heavy atom. The highest BCUT2D eigenvalue weighted by Gasteiger charge is 2.36. The van der Waals surface area contributed by atoms with Crippen molar-refractivity contribution in [2.24, 2.45) is 0 Å². The molecule has 0 saturated carbocycles. The molecule has 2 heterocycles. The number of anilines is 2. The van der Waals surface area contributed by atoms with Crippen LogP contribution in [0.2, 0.25) is 5.02 Å². The molecule has 1 unspecified atom stereocenters. The molecule has 0 radical (unpaired) electrons. The largest absolute Gasteiger partial charge is 0.495 e. The number of methoxy groups -OCH3 is 1. The van der Waals surface area contributed by atoms with Crippen molar-refractivity contribution < 1.29 is 19.0 Å². The number of nitrogens with zero attached hydrogens (tertiary/aromatic N) is 3. The number of halogens is 2. The number of fused-ring (bicyclic) bond motifs is 1. The van der Waals surface area contributed by atoms with Crippen LogP contribution in [0.4, 0.5) is 11.6 Å². The number of allylic oxidation sites excluding steroid dienone is 1. The highest BCUT2D eigenvalue weighted by atomic mass is 79.9. The molecule has 1 aliphatic rings. The Bertz CT molecular complexity index is 1710. The zero-order valence-corrected chi connectivity index (χ0v) is 28.7. The van der Waals surface area contributed by atoms with E-state index in [1.54, 1.807) is 23.9 Å². The van der Waals surface area contributed by atoms with Gasteiger partial charge in [0, 0.05) is 16.5 Å². The van der Waals surface area contributed by atoms with E-state index < -0.39 is 6.04 Å². The maximum Gasteiger partial charge on any atom is 0.255 e. The van der Waals surface area contributed by atoms with Gasteiger partial charge >= 0.3 is 0 Å². The molecule has 1 aliphatic heterocycles. The standard InChI is InChI=1S/C33H35BrClN5O4S/c1-5-7-16-44-30-23(34)17-22(18-27(30)43-6-2)29-28(31(41)37-25-14-10-11-15-26(25)42-4)20(3)36-32-38-33(39-40(29)32)45-19-21-12-8-9-13-24(21)35/h8-15,17-18,29H,5-7,16,19H2,1-4H3,(H,37,41)(H,36,38,39). The Morgan fingerprint density at radius 2 is 1.89 bits per heavy atom. The summed E-state index contributed by atoms with van der Waals surface area (Å²) in [5.74, 6) is 2.56. The summed E-state index contributed by atoms with van der Waals surface area (Å²) in [5.41, 5.74) is 3.42. The molecule has 4 aromatic rings. The summed E-state index contributed by atoms with van der Waals surface area (Å²) in [5, 5.41) is 12.5. The molecule has 236 valence electrons. The fourth-order valence-electron chi connectivity index (χ4n) is 4.96. The maximum atomic E-state index is 14.1. The number of para-hydroxylation sites is 2. The third-order valence-electron chi connectivity index (χ3n) is 7.14. The first-order chi connectivity index (χ1) is 21.8. The lowest BCUT2D eigenvalue weighted by atomic mass is 9.94. The molecule has 2 N–H and O–H groups in total. The van der Waals surface area contributed by atoms with Crippen molar-refractivity contribution in [3.05, 3.63) is 92.6 Å². The molecule has 3 aromatic carbocycles. The summed E-state index contributed by atoms with van der Waals surface area (Å²) in [7, 11) is 1.57. The number of thioether (sulfide) groups is 1. The summed E-state index contributed by atoms with van der Waals surface area (Å²) >= 11 is 11.6. The quantitative estimate of drug-likeness (QED) is 0.105. The van der Waals surface area contributed by atoms with Crippen LogP contribution in [0.3, 0.4) is 0 Å². The van der Waals surface area contributed by atoms with E-state index >= 15 is 0 Å². The third-order valence-corrected chi connectivity index (χ3v) is 8.98. The molecule has 0 saturated heterocycles. The number of benzene rings is 3. The molecule has 9 nitrogen and oxygen atoms in total. The molecule has 5 rings (SSSR count). The van der Waals surface area contributed by atoms with E-state index in [9.17, 15) is 4.79 Å². The number of hydrogen-bond acceptors (Lipinski definition) is 8. The minimum atomic E-state index is -0.640. The number of carbonyl (C=O) groups excluding carboxylic acids is 1. The fraction of sp³-hybridized carbons (Fsp3) is 0.303. The van der Waals surface area contributed by atoms with Crippen molar-refractivity contribution in [1.82, 2.24) is 14.8 Å². The number of nitrogens with one attached hydrogen (secondary N) is 2. The smallest absolute Gasteiger partial charge is 0.255 e. The molecular formula is C33H35BrClN5O4S. The topological polar surface area (TPSA) is 99.5 Å². The Labute approximate surface area is 280 Å². The molecule has 0 spiro atoms. The van der Waals surface area contributed by atoms with Crippen molar-refractivity contribution in [1.29, 1.82) is 0 Å². The van der Waals surface area contributed by atoms with Gasteiger partial charge in [0.1, 0.15) is 11.8 Å². The van der Waals surface area contributed by atoms with Crippen molar-refractivity contribution in [3.8, 4) is 17.2 Å². The summed E-state index contributed by atoms with van der Waals surface area (Å²) in [4.78, 5) is 18.9. The third kappa shape index (κ3) is 7.43. The van der Waals surface area contributed by atoms with Crippen LogP contribution in [0.1, 0.15) is 50.8 Å². The van der Waals surface area contributed by atoms with E-state index in [2.05, 4.69) is 33.5 Å². The summed E-state index contributed by atoms with van der Waals surface area (Å²) in [6.45, 7) is 6.91. The van der Waals surface area contributed by atoms with E-state index in [1.165, 1.54) is 11.8 Å². The molecule has 45 heavy (non-hydrogen) atoms. The number of amides is 1. The van der Waals surface area contributed by atoms with Crippen LogP contribution in [-0.2, 0) is 10.5 Å². The molecule has 1 atom stereocenters. The highest BCUT2D eigenvalue weighted by molar-refractivity contribution is 9.10. The summed E-state index contributed by atoms with van der Waals surface area (Å²) < 4.78 is 20.1. The van der Waals surface area contributed by atoms with Crippen LogP contribution in [0.15, 0.2) is 81.6 Å². The Morgan fingerprint density at radius 1 is 1.11 bits per heavy atom. The second-order valence-electron chi connectivity index (χ2n) is 10.2. The normalized spacial score (nSPS) is 14.0. The zero-order chi connectivity index (χ0) is 31.9.